The van der Waals surface area contributed by atoms with E-state index in [1.807, 2.05) is 0 Å². The molecule has 0 saturated heterocycles. The lowest BCUT2D eigenvalue weighted by molar-refractivity contribution is -0.121. The van der Waals surface area contributed by atoms with Crippen LogP contribution in [0.25, 0.3) is 0 Å². The monoisotopic (exact) mass is 182 g/mol. The summed E-state index contributed by atoms with van der Waals surface area (Å²) in [6.45, 7) is 2.47. The van der Waals surface area contributed by atoms with E-state index < -0.39 is 0 Å². The minimum Gasteiger partial charge on any atom is -0.396 e. The molecule has 1 heterocycles. The second-order valence-electron chi connectivity index (χ2n) is 3.13. The largest absolute Gasteiger partial charge is 0.396 e. The topological polar surface area (TPSA) is 86.9 Å². The summed E-state index contributed by atoms with van der Waals surface area (Å²) in [5.41, 5.74) is 11.2. The first-order chi connectivity index (χ1) is 6.09. The van der Waals surface area contributed by atoms with Crippen molar-refractivity contribution in [1.29, 1.82) is 0 Å². The smallest absolute Gasteiger partial charge is 0.220 e. The molecule has 0 saturated carbocycles. The Hall–Kier alpha value is -1.52. The molecule has 4 N–H and O–H groups in total. The Morgan fingerprint density at radius 1 is 1.77 bits per heavy atom. The van der Waals surface area contributed by atoms with Crippen molar-refractivity contribution in [2.45, 2.75) is 19.9 Å². The minimum atomic E-state index is -0.278. The molecular formula is C8H14N4O. The Labute approximate surface area is 76.7 Å². The Morgan fingerprint density at radius 3 is 2.92 bits per heavy atom. The van der Waals surface area contributed by atoms with Gasteiger partial charge in [-0.15, -0.1) is 0 Å². The van der Waals surface area contributed by atoms with Crippen molar-refractivity contribution in [1.82, 2.24) is 9.78 Å². The summed E-state index contributed by atoms with van der Waals surface area (Å²) in [7, 11) is 0. The first-order valence-electron chi connectivity index (χ1n) is 4.17. The SMILES string of the molecule is CC(CCn1cc(N)cn1)C(N)=O. The number of rotatable bonds is 4. The van der Waals surface area contributed by atoms with Gasteiger partial charge in [0.25, 0.3) is 0 Å². The molecule has 72 valence electrons. The predicted molar refractivity (Wildman–Crippen MR) is 49.6 cm³/mol. The molecule has 13 heavy (non-hydrogen) atoms. The van der Waals surface area contributed by atoms with Crippen LogP contribution in [0.4, 0.5) is 5.69 Å². The predicted octanol–water partition coefficient (Wildman–Crippen LogP) is -0.0232. The van der Waals surface area contributed by atoms with Gasteiger partial charge in [0.05, 0.1) is 11.9 Å². The number of amides is 1. The zero-order valence-electron chi connectivity index (χ0n) is 7.60. The number of aromatic nitrogens is 2. The summed E-state index contributed by atoms with van der Waals surface area (Å²) in [6.07, 6.45) is 4.00. The Bertz CT molecular complexity index is 294. The first kappa shape index (κ1) is 9.57. The number of nitrogen functional groups attached to an aromatic ring is 1. The van der Waals surface area contributed by atoms with Gasteiger partial charge in [-0.2, -0.15) is 5.10 Å². The highest BCUT2D eigenvalue weighted by molar-refractivity contribution is 5.76. The minimum absolute atomic E-state index is 0.120. The molecule has 0 radical (unpaired) electrons. The molecule has 1 amide bonds. The Morgan fingerprint density at radius 2 is 2.46 bits per heavy atom. The van der Waals surface area contributed by atoms with E-state index in [4.69, 9.17) is 11.5 Å². The highest BCUT2D eigenvalue weighted by atomic mass is 16.1. The highest BCUT2D eigenvalue weighted by Gasteiger charge is 2.08. The van der Waals surface area contributed by atoms with Gasteiger partial charge >= 0.3 is 0 Å². The summed E-state index contributed by atoms with van der Waals surface area (Å²) >= 11 is 0. The lowest BCUT2D eigenvalue weighted by atomic mass is 10.1. The van der Waals surface area contributed by atoms with Crippen LogP contribution in [0.5, 0.6) is 0 Å². The summed E-state index contributed by atoms with van der Waals surface area (Å²) in [5, 5.41) is 3.99. The quantitative estimate of drug-likeness (QED) is 0.685. The fraction of sp³-hybridized carbons (Fsp3) is 0.500. The van der Waals surface area contributed by atoms with E-state index in [1.54, 1.807) is 24.0 Å². The fourth-order valence-corrected chi connectivity index (χ4v) is 0.970. The van der Waals surface area contributed by atoms with Crippen molar-refractivity contribution in [3.05, 3.63) is 12.4 Å². The van der Waals surface area contributed by atoms with Gasteiger partial charge in [-0.05, 0) is 6.42 Å². The molecule has 0 aliphatic carbocycles. The van der Waals surface area contributed by atoms with Crippen molar-refractivity contribution in [2.24, 2.45) is 11.7 Å². The van der Waals surface area contributed by atoms with E-state index in [2.05, 4.69) is 5.10 Å². The molecule has 1 aromatic rings. The number of hydrogen-bond donors (Lipinski definition) is 2. The molecule has 0 bridgehead atoms. The zero-order chi connectivity index (χ0) is 9.84. The number of carbonyl (C=O) groups excluding carboxylic acids is 1. The summed E-state index contributed by atoms with van der Waals surface area (Å²) in [4.78, 5) is 10.7. The van der Waals surface area contributed by atoms with Crippen LogP contribution in [0.15, 0.2) is 12.4 Å². The van der Waals surface area contributed by atoms with E-state index in [-0.39, 0.29) is 11.8 Å². The van der Waals surface area contributed by atoms with E-state index >= 15 is 0 Å². The number of primary amides is 1. The van der Waals surface area contributed by atoms with Crippen molar-refractivity contribution >= 4 is 11.6 Å². The Balaban J connectivity index is 2.39. The third kappa shape index (κ3) is 2.77. The van der Waals surface area contributed by atoms with Crippen LogP contribution in [-0.4, -0.2) is 15.7 Å². The van der Waals surface area contributed by atoms with Crippen molar-refractivity contribution in [2.75, 3.05) is 5.73 Å². The van der Waals surface area contributed by atoms with Crippen LogP contribution in [0.3, 0.4) is 0 Å². The standard InChI is InChI=1S/C8H14N4O/c1-6(8(10)13)2-3-12-5-7(9)4-11-12/h4-6H,2-3,9H2,1H3,(H2,10,13). The molecule has 1 aromatic heterocycles. The van der Waals surface area contributed by atoms with Gasteiger partial charge in [0.1, 0.15) is 0 Å². The summed E-state index contributed by atoms with van der Waals surface area (Å²) in [6, 6.07) is 0. The fourth-order valence-electron chi connectivity index (χ4n) is 0.970. The van der Waals surface area contributed by atoms with Crippen LogP contribution in [0, 0.1) is 5.92 Å². The lowest BCUT2D eigenvalue weighted by Gasteiger charge is -2.06. The number of carbonyl (C=O) groups is 1. The van der Waals surface area contributed by atoms with Gasteiger partial charge in [-0.1, -0.05) is 6.92 Å². The van der Waals surface area contributed by atoms with Crippen LogP contribution < -0.4 is 11.5 Å². The van der Waals surface area contributed by atoms with Crippen LogP contribution in [-0.2, 0) is 11.3 Å². The number of nitrogens with two attached hydrogens (primary N) is 2. The summed E-state index contributed by atoms with van der Waals surface area (Å²) in [5.74, 6) is -0.398. The maximum atomic E-state index is 10.7. The van der Waals surface area contributed by atoms with Crippen LogP contribution >= 0.6 is 0 Å². The molecule has 5 heteroatoms. The second-order valence-corrected chi connectivity index (χ2v) is 3.13. The average molecular weight is 182 g/mol. The number of aryl methyl sites for hydroxylation is 1. The normalized spacial score (nSPS) is 12.7. The number of nitrogens with zero attached hydrogens (tertiary/aromatic N) is 2. The first-order valence-corrected chi connectivity index (χ1v) is 4.17. The summed E-state index contributed by atoms with van der Waals surface area (Å²) < 4.78 is 1.70. The number of hydrogen-bond acceptors (Lipinski definition) is 3. The highest BCUT2D eigenvalue weighted by Crippen LogP contribution is 2.04. The van der Waals surface area contributed by atoms with Gasteiger partial charge in [0, 0.05) is 18.7 Å². The van der Waals surface area contributed by atoms with Gasteiger partial charge in [0.2, 0.25) is 5.91 Å². The molecule has 5 nitrogen and oxygen atoms in total. The molecule has 0 aliphatic rings. The maximum absolute atomic E-state index is 10.7. The van der Waals surface area contributed by atoms with E-state index in [0.717, 1.165) is 0 Å². The molecule has 0 fully saturated rings. The van der Waals surface area contributed by atoms with Crippen molar-refractivity contribution in [3.63, 3.8) is 0 Å². The van der Waals surface area contributed by atoms with Crippen molar-refractivity contribution < 1.29 is 4.79 Å². The maximum Gasteiger partial charge on any atom is 0.220 e. The van der Waals surface area contributed by atoms with Gasteiger partial charge in [-0.25, -0.2) is 0 Å². The van der Waals surface area contributed by atoms with Crippen molar-refractivity contribution in [3.8, 4) is 0 Å². The zero-order valence-corrected chi connectivity index (χ0v) is 7.60. The van der Waals surface area contributed by atoms with Crippen LogP contribution in [0.1, 0.15) is 13.3 Å². The van der Waals surface area contributed by atoms with E-state index in [1.165, 1.54) is 0 Å². The molecule has 0 aromatic carbocycles. The molecule has 0 aliphatic heterocycles. The number of anilines is 1. The second kappa shape index (κ2) is 3.93. The lowest BCUT2D eigenvalue weighted by Crippen LogP contribution is -2.21. The van der Waals surface area contributed by atoms with E-state index in [9.17, 15) is 4.79 Å². The van der Waals surface area contributed by atoms with Gasteiger partial charge in [0.15, 0.2) is 0 Å². The molecule has 0 spiro atoms. The average Bonchev–Trinajstić information content (AvgIpc) is 2.47. The van der Waals surface area contributed by atoms with E-state index in [0.29, 0.717) is 18.7 Å². The Kier molecular flexibility index (Phi) is 2.89. The van der Waals surface area contributed by atoms with Crippen LogP contribution in [0.2, 0.25) is 0 Å². The van der Waals surface area contributed by atoms with Gasteiger partial charge < -0.3 is 11.5 Å². The molecule has 1 unspecified atom stereocenters. The molecule has 1 atom stereocenters. The molecular weight excluding hydrogens is 168 g/mol. The third-order valence-electron chi connectivity index (χ3n) is 1.93. The third-order valence-corrected chi connectivity index (χ3v) is 1.93. The molecule has 1 rings (SSSR count). The van der Waals surface area contributed by atoms with Gasteiger partial charge in [-0.3, -0.25) is 9.48 Å².